The molecule has 2 rings (SSSR count). The molecule has 0 bridgehead atoms. The average molecular weight is 331 g/mol. The van der Waals surface area contributed by atoms with Gasteiger partial charge < -0.3 is 4.90 Å². The van der Waals surface area contributed by atoms with E-state index >= 15 is 0 Å². The minimum Gasteiger partial charge on any atom is -0.307 e. The summed E-state index contributed by atoms with van der Waals surface area (Å²) < 4.78 is 22.4. The van der Waals surface area contributed by atoms with Gasteiger partial charge in [0.15, 0.2) is 5.15 Å². The number of carbonyl (C=O) groups is 1. The van der Waals surface area contributed by atoms with Crippen LogP contribution in [0.25, 0.3) is 0 Å². The van der Waals surface area contributed by atoms with Gasteiger partial charge >= 0.3 is 0 Å². The van der Waals surface area contributed by atoms with Crippen LogP contribution in [-0.2, 0) is 13.8 Å². The van der Waals surface area contributed by atoms with Gasteiger partial charge in [0.05, 0.1) is 6.20 Å². The van der Waals surface area contributed by atoms with Crippen LogP contribution in [0.4, 0.5) is 5.69 Å². The first-order chi connectivity index (χ1) is 8.29. The Kier molecular flexibility index (Phi) is 3.68. The molecule has 0 radical (unpaired) electrons. The zero-order chi connectivity index (χ0) is 13.5. The summed E-state index contributed by atoms with van der Waals surface area (Å²) in [5.41, 5.74) is 0.217. The van der Waals surface area contributed by atoms with Crippen molar-refractivity contribution < 1.29 is 13.2 Å². The van der Waals surface area contributed by atoms with Crippen molar-refractivity contribution in [1.29, 1.82) is 0 Å². The summed E-state index contributed by atoms with van der Waals surface area (Å²) in [6, 6.07) is 0. The van der Waals surface area contributed by atoms with Crippen LogP contribution in [0.3, 0.4) is 0 Å². The molecule has 18 heavy (non-hydrogen) atoms. The summed E-state index contributed by atoms with van der Waals surface area (Å²) in [4.78, 5) is 20.3. The van der Waals surface area contributed by atoms with Crippen LogP contribution in [0.2, 0.25) is 10.4 Å². The lowest BCUT2D eigenvalue weighted by Gasteiger charge is -2.16. The van der Waals surface area contributed by atoms with Crippen molar-refractivity contribution in [2.24, 2.45) is 0 Å². The Balaban J connectivity index is 2.33. The third kappa shape index (κ3) is 2.69. The Bertz CT molecular complexity index is 607. The Hall–Kier alpha value is -0.630. The summed E-state index contributed by atoms with van der Waals surface area (Å²) in [6.07, 6.45) is 1.07. The number of nitrogens with zero attached hydrogens (tertiary/aromatic N) is 3. The van der Waals surface area contributed by atoms with Gasteiger partial charge in [-0.1, -0.05) is 11.6 Å². The Labute approximate surface area is 117 Å². The molecule has 98 valence electrons. The van der Waals surface area contributed by atoms with Gasteiger partial charge in [0.2, 0.25) is 20.2 Å². The lowest BCUT2D eigenvalue weighted by Crippen LogP contribution is -2.27. The zero-order valence-corrected chi connectivity index (χ0v) is 11.8. The molecule has 1 aliphatic heterocycles. The standard InChI is InChI=1S/C8H6Cl3N3O3S/c9-7-5(2-12-8(10)13-7)14-3-4(1-6(14)15)18(11,16)17/h2,4H,1,3H2. The highest BCUT2D eigenvalue weighted by Crippen LogP contribution is 2.30. The van der Waals surface area contributed by atoms with Crippen molar-refractivity contribution in [3.63, 3.8) is 0 Å². The van der Waals surface area contributed by atoms with E-state index in [1.165, 1.54) is 11.1 Å². The molecule has 0 saturated carbocycles. The lowest BCUT2D eigenvalue weighted by atomic mass is 10.4. The van der Waals surface area contributed by atoms with Crippen LogP contribution in [0.1, 0.15) is 6.42 Å². The highest BCUT2D eigenvalue weighted by Gasteiger charge is 2.39. The molecule has 1 aromatic rings. The maximum absolute atomic E-state index is 11.7. The third-order valence-corrected chi connectivity index (χ3v) is 4.80. The van der Waals surface area contributed by atoms with Gasteiger partial charge in [-0.25, -0.2) is 18.4 Å². The topological polar surface area (TPSA) is 80.2 Å². The predicted octanol–water partition coefficient (Wildman–Crippen LogP) is 1.46. The first kappa shape index (κ1) is 13.8. The monoisotopic (exact) mass is 329 g/mol. The molecule has 1 atom stereocenters. The normalized spacial score (nSPS) is 20.5. The van der Waals surface area contributed by atoms with Gasteiger partial charge in [0.25, 0.3) is 0 Å². The van der Waals surface area contributed by atoms with E-state index < -0.39 is 20.2 Å². The van der Waals surface area contributed by atoms with Crippen LogP contribution in [-0.4, -0.2) is 36.1 Å². The number of rotatable bonds is 2. The fraction of sp³-hybridized carbons (Fsp3) is 0.375. The van der Waals surface area contributed by atoms with E-state index in [0.29, 0.717) is 0 Å². The summed E-state index contributed by atoms with van der Waals surface area (Å²) in [7, 11) is 1.43. The average Bonchev–Trinajstić information content (AvgIpc) is 2.60. The fourth-order valence-corrected chi connectivity index (χ4v) is 3.05. The van der Waals surface area contributed by atoms with Gasteiger partial charge in [-0.3, -0.25) is 4.79 Å². The highest BCUT2D eigenvalue weighted by atomic mass is 35.7. The van der Waals surface area contributed by atoms with Crippen LogP contribution >= 0.6 is 33.9 Å². The maximum atomic E-state index is 11.7. The molecule has 2 heterocycles. The molecule has 0 aromatic carbocycles. The van der Waals surface area contributed by atoms with Crippen molar-refractivity contribution in [2.45, 2.75) is 11.7 Å². The number of hydrogen-bond acceptors (Lipinski definition) is 5. The van der Waals surface area contributed by atoms with Gasteiger partial charge in [0, 0.05) is 23.6 Å². The summed E-state index contributed by atoms with van der Waals surface area (Å²) in [5, 5.41) is -1.04. The molecule has 0 N–H and O–H groups in total. The van der Waals surface area contributed by atoms with Crippen LogP contribution in [0, 0.1) is 0 Å². The summed E-state index contributed by atoms with van der Waals surface area (Å²) >= 11 is 11.4. The second-order valence-corrected chi connectivity index (χ2v) is 7.23. The Morgan fingerprint density at radius 2 is 2.06 bits per heavy atom. The van der Waals surface area contributed by atoms with Crippen LogP contribution in [0.15, 0.2) is 6.20 Å². The molecule has 1 aromatic heterocycles. The highest BCUT2D eigenvalue weighted by molar-refractivity contribution is 8.14. The molecule has 0 spiro atoms. The number of anilines is 1. The molecule has 1 aliphatic rings. The second kappa shape index (κ2) is 4.80. The zero-order valence-electron chi connectivity index (χ0n) is 8.68. The number of halogens is 3. The van der Waals surface area contributed by atoms with E-state index in [0.717, 1.165) is 0 Å². The van der Waals surface area contributed by atoms with Crippen molar-refractivity contribution in [1.82, 2.24) is 9.97 Å². The molecule has 6 nitrogen and oxygen atoms in total. The van der Waals surface area contributed by atoms with Gasteiger partial charge in [0.1, 0.15) is 10.9 Å². The van der Waals surface area contributed by atoms with Gasteiger partial charge in [-0.15, -0.1) is 0 Å². The van der Waals surface area contributed by atoms with Crippen LogP contribution < -0.4 is 4.90 Å². The van der Waals surface area contributed by atoms with E-state index in [9.17, 15) is 13.2 Å². The molecule has 10 heteroatoms. The molecular weight excluding hydrogens is 325 g/mol. The van der Waals surface area contributed by atoms with Crippen LogP contribution in [0.5, 0.6) is 0 Å². The van der Waals surface area contributed by atoms with E-state index in [1.54, 1.807) is 0 Å². The largest absolute Gasteiger partial charge is 0.307 e. The second-order valence-electron chi connectivity index (χ2n) is 3.62. The van der Waals surface area contributed by atoms with E-state index in [-0.39, 0.29) is 29.1 Å². The minimum absolute atomic E-state index is 0.0176. The van der Waals surface area contributed by atoms with Gasteiger partial charge in [-0.05, 0) is 11.6 Å². The molecule has 0 aliphatic carbocycles. The Morgan fingerprint density at radius 1 is 1.39 bits per heavy atom. The predicted molar refractivity (Wildman–Crippen MR) is 67.6 cm³/mol. The van der Waals surface area contributed by atoms with Crippen molar-refractivity contribution >= 4 is 54.5 Å². The van der Waals surface area contributed by atoms with E-state index in [4.69, 9.17) is 33.9 Å². The van der Waals surface area contributed by atoms with E-state index in [1.807, 2.05) is 0 Å². The molecule has 1 saturated heterocycles. The molecule has 1 amide bonds. The van der Waals surface area contributed by atoms with Crippen molar-refractivity contribution in [3.05, 3.63) is 16.6 Å². The lowest BCUT2D eigenvalue weighted by molar-refractivity contribution is -0.117. The van der Waals surface area contributed by atoms with E-state index in [2.05, 4.69) is 9.97 Å². The smallest absolute Gasteiger partial charge is 0.237 e. The molecule has 1 fully saturated rings. The quantitative estimate of drug-likeness (QED) is 0.466. The third-order valence-electron chi connectivity index (χ3n) is 2.47. The molecule has 1 unspecified atom stereocenters. The minimum atomic E-state index is -3.80. The maximum Gasteiger partial charge on any atom is 0.237 e. The van der Waals surface area contributed by atoms with Crippen molar-refractivity contribution in [3.8, 4) is 0 Å². The number of aromatic nitrogens is 2. The number of amides is 1. The number of hydrogen-bond donors (Lipinski definition) is 0. The summed E-state index contributed by atoms with van der Waals surface area (Å²) in [5.74, 6) is -0.406. The summed E-state index contributed by atoms with van der Waals surface area (Å²) in [6.45, 7) is -0.0740. The fourth-order valence-electron chi connectivity index (χ4n) is 1.61. The first-order valence-corrected chi connectivity index (χ1v) is 7.84. The van der Waals surface area contributed by atoms with Gasteiger partial charge in [-0.2, -0.15) is 0 Å². The number of carbonyl (C=O) groups excluding carboxylic acids is 1. The Morgan fingerprint density at radius 3 is 2.56 bits per heavy atom. The molecular formula is C8H6Cl3N3O3S. The SMILES string of the molecule is O=C1CC(S(=O)(=O)Cl)CN1c1cnc(Cl)nc1Cl. The first-order valence-electron chi connectivity index (χ1n) is 4.71. The van der Waals surface area contributed by atoms with Crippen molar-refractivity contribution in [2.75, 3.05) is 11.4 Å².